The van der Waals surface area contributed by atoms with E-state index in [1.807, 2.05) is 18.7 Å². The lowest BCUT2D eigenvalue weighted by Crippen LogP contribution is -2.56. The molecule has 2 N–H and O–H groups in total. The van der Waals surface area contributed by atoms with Gasteiger partial charge in [0.1, 0.15) is 5.75 Å². The molecule has 3 amide bonds. The minimum atomic E-state index is -3.60. The summed E-state index contributed by atoms with van der Waals surface area (Å²) in [6.07, 6.45) is 0. The van der Waals surface area contributed by atoms with E-state index >= 15 is 0 Å². The molecule has 29 heavy (non-hydrogen) atoms. The number of piperazine rings is 1. The summed E-state index contributed by atoms with van der Waals surface area (Å²) in [6.45, 7) is 7.45. The molecule has 1 saturated heterocycles. The number of rotatable bonds is 7. The predicted octanol–water partition coefficient (Wildman–Crippen LogP) is 0.872. The fourth-order valence-electron chi connectivity index (χ4n) is 2.95. The largest absolute Gasteiger partial charge is 0.497 e. The zero-order valence-electron chi connectivity index (χ0n) is 17.3. The molecule has 1 aliphatic rings. The highest BCUT2D eigenvalue weighted by Crippen LogP contribution is 2.21. The van der Waals surface area contributed by atoms with Crippen LogP contribution in [0.3, 0.4) is 0 Å². The van der Waals surface area contributed by atoms with Crippen molar-refractivity contribution in [2.24, 2.45) is 5.92 Å². The van der Waals surface area contributed by atoms with Crippen LogP contribution in [0.2, 0.25) is 0 Å². The molecule has 10 heteroatoms. The number of hydrogen-bond donors (Lipinski definition) is 2. The van der Waals surface area contributed by atoms with Crippen LogP contribution in [-0.2, 0) is 14.8 Å². The van der Waals surface area contributed by atoms with Crippen molar-refractivity contribution in [3.8, 4) is 5.75 Å². The van der Waals surface area contributed by atoms with Crippen molar-refractivity contribution < 1.29 is 22.7 Å². The fourth-order valence-corrected chi connectivity index (χ4v) is 4.37. The van der Waals surface area contributed by atoms with Crippen LogP contribution in [-0.4, -0.2) is 75.4 Å². The molecule has 0 bridgehead atoms. The van der Waals surface area contributed by atoms with Gasteiger partial charge in [0.25, 0.3) is 0 Å². The van der Waals surface area contributed by atoms with Gasteiger partial charge in [0.2, 0.25) is 15.9 Å². The maximum absolute atomic E-state index is 12.8. The van der Waals surface area contributed by atoms with Gasteiger partial charge < -0.3 is 10.1 Å². The molecule has 2 rings (SSSR count). The third kappa shape index (κ3) is 6.15. The Morgan fingerprint density at radius 2 is 1.66 bits per heavy atom. The first-order valence-corrected chi connectivity index (χ1v) is 11.1. The van der Waals surface area contributed by atoms with Gasteiger partial charge in [-0.05, 0) is 37.1 Å². The van der Waals surface area contributed by atoms with Crippen molar-refractivity contribution in [3.63, 3.8) is 0 Å². The summed E-state index contributed by atoms with van der Waals surface area (Å²) in [5.74, 6) is 0.470. The first-order valence-electron chi connectivity index (χ1n) is 9.62. The second kappa shape index (κ2) is 10.0. The molecule has 0 spiro atoms. The van der Waals surface area contributed by atoms with Crippen molar-refractivity contribution in [2.75, 3.05) is 39.8 Å². The Bertz CT molecular complexity index is 802. The SMILES string of the molecule is COc1ccc(S(=O)(=O)N2CCN(C(C)C(=O)NC(=O)NCC(C)C)CC2)cc1. The van der Waals surface area contributed by atoms with E-state index in [1.165, 1.54) is 23.5 Å². The lowest BCUT2D eigenvalue weighted by molar-refractivity contribution is -0.125. The smallest absolute Gasteiger partial charge is 0.321 e. The topological polar surface area (TPSA) is 108 Å². The maximum Gasteiger partial charge on any atom is 0.321 e. The number of imide groups is 1. The van der Waals surface area contributed by atoms with Crippen LogP contribution >= 0.6 is 0 Å². The zero-order valence-corrected chi connectivity index (χ0v) is 18.2. The molecular formula is C19H30N4O5S. The highest BCUT2D eigenvalue weighted by atomic mass is 32.2. The van der Waals surface area contributed by atoms with Crippen LogP contribution < -0.4 is 15.4 Å². The molecule has 162 valence electrons. The highest BCUT2D eigenvalue weighted by Gasteiger charge is 2.32. The Kier molecular flexibility index (Phi) is 8.00. The number of ether oxygens (including phenoxy) is 1. The lowest BCUT2D eigenvalue weighted by atomic mass is 10.2. The first kappa shape index (κ1) is 23.1. The number of amides is 3. The molecule has 1 atom stereocenters. The number of benzene rings is 1. The van der Waals surface area contributed by atoms with Crippen molar-refractivity contribution in [1.29, 1.82) is 0 Å². The van der Waals surface area contributed by atoms with E-state index in [9.17, 15) is 18.0 Å². The van der Waals surface area contributed by atoms with Gasteiger partial charge >= 0.3 is 6.03 Å². The second-order valence-electron chi connectivity index (χ2n) is 7.38. The summed E-state index contributed by atoms with van der Waals surface area (Å²) >= 11 is 0. The number of carbonyl (C=O) groups is 2. The van der Waals surface area contributed by atoms with Crippen molar-refractivity contribution in [3.05, 3.63) is 24.3 Å². The monoisotopic (exact) mass is 426 g/mol. The molecule has 0 aliphatic carbocycles. The standard InChI is InChI=1S/C19H30N4O5S/c1-14(2)13-20-19(25)21-18(24)15(3)22-9-11-23(12-10-22)29(26,27)17-7-5-16(28-4)6-8-17/h5-8,14-15H,9-13H2,1-4H3,(H2,20,21,24,25). The molecule has 9 nitrogen and oxygen atoms in total. The molecule has 1 aromatic carbocycles. The Balaban J connectivity index is 1.90. The quantitative estimate of drug-likeness (QED) is 0.670. The van der Waals surface area contributed by atoms with Crippen LogP contribution in [0, 0.1) is 5.92 Å². The molecule has 1 aromatic rings. The summed E-state index contributed by atoms with van der Waals surface area (Å²) in [6, 6.07) is 5.21. The number of nitrogens with zero attached hydrogens (tertiary/aromatic N) is 2. The van der Waals surface area contributed by atoms with Gasteiger partial charge in [0.05, 0.1) is 18.0 Å². The Labute approximate surface area is 172 Å². The van der Waals surface area contributed by atoms with E-state index in [0.29, 0.717) is 25.4 Å². The molecule has 1 fully saturated rings. The van der Waals surface area contributed by atoms with Gasteiger partial charge in [-0.3, -0.25) is 15.0 Å². The van der Waals surface area contributed by atoms with Gasteiger partial charge in [0, 0.05) is 32.7 Å². The number of nitrogens with one attached hydrogen (secondary N) is 2. The second-order valence-corrected chi connectivity index (χ2v) is 9.32. The summed E-state index contributed by atoms with van der Waals surface area (Å²) in [7, 11) is -2.08. The van der Waals surface area contributed by atoms with E-state index in [-0.39, 0.29) is 23.9 Å². The van der Waals surface area contributed by atoms with Crippen LogP contribution in [0.15, 0.2) is 29.2 Å². The van der Waals surface area contributed by atoms with E-state index < -0.39 is 28.0 Å². The predicted molar refractivity (Wildman–Crippen MR) is 109 cm³/mol. The zero-order chi connectivity index (χ0) is 21.6. The van der Waals surface area contributed by atoms with E-state index in [4.69, 9.17) is 4.74 Å². The summed E-state index contributed by atoms with van der Waals surface area (Å²) in [4.78, 5) is 26.1. The van der Waals surface area contributed by atoms with Gasteiger partial charge in [-0.15, -0.1) is 0 Å². The molecule has 0 radical (unpaired) electrons. The summed E-state index contributed by atoms with van der Waals surface area (Å²) < 4.78 is 32.1. The van der Waals surface area contributed by atoms with Crippen LogP contribution in [0.5, 0.6) is 5.75 Å². The average molecular weight is 427 g/mol. The van der Waals surface area contributed by atoms with E-state index in [0.717, 1.165) is 0 Å². The summed E-state index contributed by atoms with van der Waals surface area (Å²) in [5.41, 5.74) is 0. The number of carbonyl (C=O) groups excluding carboxylic acids is 2. The Morgan fingerprint density at radius 1 is 1.07 bits per heavy atom. The number of sulfonamides is 1. The maximum atomic E-state index is 12.8. The third-order valence-electron chi connectivity index (χ3n) is 4.81. The van der Waals surface area contributed by atoms with Gasteiger partial charge in [-0.1, -0.05) is 13.8 Å². The normalized spacial score (nSPS) is 17.0. The molecule has 0 saturated carbocycles. The van der Waals surface area contributed by atoms with Crippen LogP contribution in [0.4, 0.5) is 4.79 Å². The van der Waals surface area contributed by atoms with Gasteiger partial charge in [0.15, 0.2) is 0 Å². The Morgan fingerprint density at radius 3 is 2.17 bits per heavy atom. The van der Waals surface area contributed by atoms with Crippen molar-refractivity contribution in [2.45, 2.75) is 31.7 Å². The fraction of sp³-hybridized carbons (Fsp3) is 0.579. The molecule has 0 aromatic heterocycles. The van der Waals surface area contributed by atoms with Gasteiger partial charge in [-0.25, -0.2) is 13.2 Å². The minimum Gasteiger partial charge on any atom is -0.497 e. The number of urea groups is 1. The first-order chi connectivity index (χ1) is 13.6. The average Bonchev–Trinajstić information content (AvgIpc) is 2.71. The molecule has 1 heterocycles. The lowest BCUT2D eigenvalue weighted by Gasteiger charge is -2.36. The third-order valence-corrected chi connectivity index (χ3v) is 6.72. The van der Waals surface area contributed by atoms with Crippen molar-refractivity contribution in [1.82, 2.24) is 19.8 Å². The number of hydrogen-bond acceptors (Lipinski definition) is 6. The van der Waals surface area contributed by atoms with E-state index in [2.05, 4.69) is 10.6 Å². The van der Waals surface area contributed by atoms with Gasteiger partial charge in [-0.2, -0.15) is 4.31 Å². The minimum absolute atomic E-state index is 0.208. The van der Waals surface area contributed by atoms with E-state index in [1.54, 1.807) is 19.1 Å². The van der Waals surface area contributed by atoms with Crippen LogP contribution in [0.1, 0.15) is 20.8 Å². The number of methoxy groups -OCH3 is 1. The Hall–Kier alpha value is -2.17. The molecule has 1 aliphatic heterocycles. The molecular weight excluding hydrogens is 396 g/mol. The molecule has 1 unspecified atom stereocenters. The van der Waals surface area contributed by atoms with Crippen LogP contribution in [0.25, 0.3) is 0 Å². The highest BCUT2D eigenvalue weighted by molar-refractivity contribution is 7.89. The summed E-state index contributed by atoms with van der Waals surface area (Å²) in [5, 5.41) is 4.97. The van der Waals surface area contributed by atoms with Crippen molar-refractivity contribution >= 4 is 22.0 Å².